The lowest BCUT2D eigenvalue weighted by Gasteiger charge is -2.37. The number of hydrogen-bond donors (Lipinski definition) is 0. The molecule has 2 aliphatic rings. The maximum atomic E-state index is 4.81. The van der Waals surface area contributed by atoms with Crippen LogP contribution in [0, 0.1) is 6.92 Å². The summed E-state index contributed by atoms with van der Waals surface area (Å²) in [6.45, 7) is 6.68. The summed E-state index contributed by atoms with van der Waals surface area (Å²) in [7, 11) is 1.98. The fraction of sp³-hybridized carbons (Fsp3) is 0.733. The van der Waals surface area contributed by atoms with Crippen molar-refractivity contribution in [2.75, 3.05) is 31.1 Å². The number of anilines is 1. The molecule has 21 heavy (non-hydrogen) atoms. The second-order valence-corrected chi connectivity index (χ2v) is 7.30. The predicted molar refractivity (Wildman–Crippen MR) is 87.2 cm³/mol. The van der Waals surface area contributed by atoms with Gasteiger partial charge in [0.2, 0.25) is 0 Å². The van der Waals surface area contributed by atoms with E-state index in [2.05, 4.69) is 21.8 Å². The summed E-state index contributed by atoms with van der Waals surface area (Å²) in [5.41, 5.74) is 2.13. The minimum Gasteiger partial charge on any atom is -0.345 e. The van der Waals surface area contributed by atoms with Crippen molar-refractivity contribution >= 4 is 26.8 Å². The van der Waals surface area contributed by atoms with E-state index < -0.39 is 0 Å². The molecule has 0 unspecified atom stereocenters. The zero-order chi connectivity index (χ0) is 14.4. The van der Waals surface area contributed by atoms with E-state index in [-0.39, 0.29) is 0 Å². The molecule has 0 aromatic carbocycles. The van der Waals surface area contributed by atoms with E-state index in [1.807, 2.05) is 11.7 Å². The average molecular weight is 305 g/mol. The molecule has 1 saturated heterocycles. The summed E-state index contributed by atoms with van der Waals surface area (Å²) in [6.07, 6.45) is 5.67. The quantitative estimate of drug-likeness (QED) is 0.854. The standard InChI is InChI=1S/C15H23N5S/c1-11-13-14(18(2)17-11)16-15(21-13)20-9-7-19(8-10-20)12-5-3-4-6-12/h12H,3-10H2,1-2H3. The molecule has 0 amide bonds. The summed E-state index contributed by atoms with van der Waals surface area (Å²) in [5.74, 6) is 0. The molecule has 6 heteroatoms. The number of thiazole rings is 1. The smallest absolute Gasteiger partial charge is 0.188 e. The van der Waals surface area contributed by atoms with Gasteiger partial charge in [0.15, 0.2) is 10.8 Å². The second-order valence-electron chi connectivity index (χ2n) is 6.32. The maximum Gasteiger partial charge on any atom is 0.188 e. The van der Waals surface area contributed by atoms with Crippen LogP contribution in [0.1, 0.15) is 31.4 Å². The van der Waals surface area contributed by atoms with Crippen molar-refractivity contribution in [1.29, 1.82) is 0 Å². The van der Waals surface area contributed by atoms with Crippen LogP contribution in [0.3, 0.4) is 0 Å². The van der Waals surface area contributed by atoms with Gasteiger partial charge in [-0.2, -0.15) is 5.10 Å². The number of piperazine rings is 1. The first-order valence-corrected chi connectivity index (χ1v) is 8.83. The van der Waals surface area contributed by atoms with Crippen molar-refractivity contribution < 1.29 is 0 Å². The molecule has 4 rings (SSSR count). The monoisotopic (exact) mass is 305 g/mol. The van der Waals surface area contributed by atoms with E-state index in [1.54, 1.807) is 11.3 Å². The second kappa shape index (κ2) is 5.25. The van der Waals surface area contributed by atoms with Crippen molar-refractivity contribution in [1.82, 2.24) is 19.7 Å². The van der Waals surface area contributed by atoms with Gasteiger partial charge in [-0.15, -0.1) is 0 Å². The lowest BCUT2D eigenvalue weighted by atomic mass is 10.2. The third-order valence-electron chi connectivity index (χ3n) is 4.96. The van der Waals surface area contributed by atoms with Crippen molar-refractivity contribution in [3.8, 4) is 0 Å². The van der Waals surface area contributed by atoms with Crippen LogP contribution in [0.5, 0.6) is 0 Å². The molecule has 0 spiro atoms. The van der Waals surface area contributed by atoms with E-state index in [4.69, 9.17) is 4.98 Å². The summed E-state index contributed by atoms with van der Waals surface area (Å²) >= 11 is 1.80. The number of rotatable bonds is 2. The zero-order valence-corrected chi connectivity index (χ0v) is 13.7. The molecule has 0 atom stereocenters. The molecular weight excluding hydrogens is 282 g/mol. The van der Waals surface area contributed by atoms with Gasteiger partial charge in [-0.05, 0) is 19.8 Å². The molecule has 1 saturated carbocycles. The Balaban J connectivity index is 1.48. The number of aromatic nitrogens is 3. The minimum absolute atomic E-state index is 0.856. The van der Waals surface area contributed by atoms with Crippen LogP contribution in [-0.2, 0) is 7.05 Å². The van der Waals surface area contributed by atoms with E-state index in [9.17, 15) is 0 Å². The fourth-order valence-corrected chi connectivity index (χ4v) is 4.84. The number of nitrogens with zero attached hydrogens (tertiary/aromatic N) is 5. The van der Waals surface area contributed by atoms with Gasteiger partial charge < -0.3 is 4.90 Å². The summed E-state index contributed by atoms with van der Waals surface area (Å²) in [4.78, 5) is 9.96. The van der Waals surface area contributed by atoms with E-state index in [1.165, 1.54) is 48.6 Å². The molecule has 3 heterocycles. The normalized spacial score (nSPS) is 21.7. The third kappa shape index (κ3) is 2.34. The SMILES string of the molecule is Cc1nn(C)c2nc(N3CCN(C4CCCC4)CC3)sc12. The van der Waals surface area contributed by atoms with E-state index in [0.29, 0.717) is 0 Å². The summed E-state index contributed by atoms with van der Waals surface area (Å²) < 4.78 is 3.14. The van der Waals surface area contributed by atoms with Crippen molar-refractivity contribution in [2.24, 2.45) is 7.05 Å². The average Bonchev–Trinajstić information content (AvgIpc) is 3.20. The molecule has 5 nitrogen and oxygen atoms in total. The van der Waals surface area contributed by atoms with Crippen LogP contribution < -0.4 is 4.90 Å². The predicted octanol–water partition coefficient (Wildman–Crippen LogP) is 2.40. The molecule has 0 radical (unpaired) electrons. The van der Waals surface area contributed by atoms with Gasteiger partial charge in [-0.1, -0.05) is 24.2 Å². The molecule has 2 fully saturated rings. The highest BCUT2D eigenvalue weighted by Crippen LogP contribution is 2.32. The third-order valence-corrected chi connectivity index (χ3v) is 6.17. The van der Waals surface area contributed by atoms with Gasteiger partial charge in [-0.3, -0.25) is 4.90 Å². The van der Waals surface area contributed by atoms with Gasteiger partial charge in [-0.25, -0.2) is 9.67 Å². The zero-order valence-electron chi connectivity index (χ0n) is 12.9. The molecule has 1 aliphatic carbocycles. The van der Waals surface area contributed by atoms with Gasteiger partial charge >= 0.3 is 0 Å². The first kappa shape index (κ1) is 13.5. The van der Waals surface area contributed by atoms with Crippen molar-refractivity contribution in [2.45, 2.75) is 38.6 Å². The highest BCUT2D eigenvalue weighted by Gasteiger charge is 2.27. The summed E-state index contributed by atoms with van der Waals surface area (Å²) in [5, 5.41) is 5.61. The van der Waals surface area contributed by atoms with E-state index >= 15 is 0 Å². The number of fused-ring (bicyclic) bond motifs is 1. The Kier molecular flexibility index (Phi) is 3.38. The Bertz CT molecular complexity index is 597. The van der Waals surface area contributed by atoms with Crippen LogP contribution in [0.25, 0.3) is 10.3 Å². The van der Waals surface area contributed by atoms with Crippen LogP contribution >= 0.6 is 11.3 Å². The van der Waals surface area contributed by atoms with Crippen LogP contribution in [0.4, 0.5) is 5.13 Å². The molecule has 2 aromatic rings. The Labute approximate surface area is 129 Å². The van der Waals surface area contributed by atoms with Crippen molar-refractivity contribution in [3.05, 3.63) is 5.69 Å². The Hall–Kier alpha value is -1.14. The van der Waals surface area contributed by atoms with Gasteiger partial charge in [0.05, 0.1) is 10.4 Å². The lowest BCUT2D eigenvalue weighted by Crippen LogP contribution is -2.49. The minimum atomic E-state index is 0.856. The van der Waals surface area contributed by atoms with Crippen molar-refractivity contribution in [3.63, 3.8) is 0 Å². The molecule has 1 aliphatic heterocycles. The first-order chi connectivity index (χ1) is 10.2. The van der Waals surface area contributed by atoms with Crippen LogP contribution in [0.15, 0.2) is 0 Å². The molecule has 114 valence electrons. The van der Waals surface area contributed by atoms with Crippen LogP contribution in [-0.4, -0.2) is 51.9 Å². The van der Waals surface area contributed by atoms with E-state index in [0.717, 1.165) is 30.5 Å². The fourth-order valence-electron chi connectivity index (χ4n) is 3.76. The number of hydrogen-bond acceptors (Lipinski definition) is 5. The van der Waals surface area contributed by atoms with Gasteiger partial charge in [0.25, 0.3) is 0 Å². The van der Waals surface area contributed by atoms with Gasteiger partial charge in [0.1, 0.15) is 0 Å². The molecule has 2 aromatic heterocycles. The molecular formula is C15H23N5S. The number of aryl methyl sites for hydroxylation is 2. The Morgan fingerprint density at radius 1 is 1.10 bits per heavy atom. The largest absolute Gasteiger partial charge is 0.345 e. The maximum absolute atomic E-state index is 4.81. The Morgan fingerprint density at radius 2 is 1.81 bits per heavy atom. The van der Waals surface area contributed by atoms with Gasteiger partial charge in [0, 0.05) is 39.3 Å². The topological polar surface area (TPSA) is 37.2 Å². The molecule has 0 bridgehead atoms. The molecule has 0 N–H and O–H groups in total. The first-order valence-electron chi connectivity index (χ1n) is 8.01. The summed E-state index contributed by atoms with van der Waals surface area (Å²) in [6, 6.07) is 0.856. The highest BCUT2D eigenvalue weighted by atomic mass is 32.1. The lowest BCUT2D eigenvalue weighted by molar-refractivity contribution is 0.187. The highest BCUT2D eigenvalue weighted by molar-refractivity contribution is 7.22. The van der Waals surface area contributed by atoms with Crippen LogP contribution in [0.2, 0.25) is 0 Å². The Morgan fingerprint density at radius 3 is 2.48 bits per heavy atom.